The van der Waals surface area contributed by atoms with Crippen LogP contribution in [0.4, 0.5) is 20.2 Å². The number of alkyl halides is 2. The van der Waals surface area contributed by atoms with Gasteiger partial charge in [0, 0.05) is 23.4 Å². The second-order valence-corrected chi connectivity index (χ2v) is 6.96. The van der Waals surface area contributed by atoms with Gasteiger partial charge in [-0.3, -0.25) is 14.3 Å². The number of nitrogens with zero attached hydrogens (tertiary/aromatic N) is 2. The molecule has 0 radical (unpaired) electrons. The van der Waals surface area contributed by atoms with E-state index >= 15 is 0 Å². The summed E-state index contributed by atoms with van der Waals surface area (Å²) in [6.07, 6.45) is 5.15. The Morgan fingerprint density at radius 2 is 2.07 bits per heavy atom. The third-order valence-corrected chi connectivity index (χ3v) is 4.53. The van der Waals surface area contributed by atoms with Crippen molar-refractivity contribution < 1.29 is 23.1 Å². The molecule has 0 saturated carbocycles. The van der Waals surface area contributed by atoms with E-state index < -0.39 is 17.6 Å². The van der Waals surface area contributed by atoms with E-state index in [4.69, 9.17) is 4.74 Å². The zero-order valence-electron chi connectivity index (χ0n) is 14.2. The normalized spacial score (nSPS) is 16.5. The van der Waals surface area contributed by atoms with Crippen molar-refractivity contribution in [3.05, 3.63) is 36.7 Å². The number of amides is 2. The zero-order chi connectivity index (χ0) is 19.2. The standard InChI is InChI=1S/C17H18F2N4O3S/c18-17(19)27-14-5-1-3-11(7-14)21-15(24)16(25)22-12-8-20-23(9-12)10-13-4-2-6-26-13/h1,3,5,7-9,13,17H,2,4,6,10H2,(H,21,24)(H,22,25)/t13-/m1/s1. The van der Waals surface area contributed by atoms with E-state index in [1.807, 2.05) is 0 Å². The molecule has 1 fully saturated rings. The third kappa shape index (κ3) is 5.76. The van der Waals surface area contributed by atoms with Crippen LogP contribution in [0, 0.1) is 0 Å². The molecular weight excluding hydrogens is 378 g/mol. The Kier molecular flexibility index (Phi) is 6.40. The van der Waals surface area contributed by atoms with Crippen LogP contribution in [0.25, 0.3) is 0 Å². The molecule has 1 aliphatic rings. The maximum Gasteiger partial charge on any atom is 0.314 e. The molecule has 0 unspecified atom stereocenters. The Morgan fingerprint density at radius 1 is 1.30 bits per heavy atom. The van der Waals surface area contributed by atoms with Gasteiger partial charge < -0.3 is 15.4 Å². The molecule has 27 heavy (non-hydrogen) atoms. The van der Waals surface area contributed by atoms with Gasteiger partial charge in [0.2, 0.25) is 0 Å². The van der Waals surface area contributed by atoms with Crippen molar-refractivity contribution in [2.45, 2.75) is 36.1 Å². The van der Waals surface area contributed by atoms with Crippen molar-refractivity contribution in [3.63, 3.8) is 0 Å². The van der Waals surface area contributed by atoms with Crippen molar-refractivity contribution in [1.29, 1.82) is 0 Å². The van der Waals surface area contributed by atoms with Crippen LogP contribution in [0.1, 0.15) is 12.8 Å². The average Bonchev–Trinajstić information content (AvgIpc) is 3.27. The van der Waals surface area contributed by atoms with Crippen molar-refractivity contribution in [2.24, 2.45) is 0 Å². The van der Waals surface area contributed by atoms with Crippen LogP contribution >= 0.6 is 11.8 Å². The molecular formula is C17H18F2N4O3S. The molecule has 2 aromatic rings. The number of thioether (sulfide) groups is 1. The molecule has 3 rings (SSSR count). The predicted octanol–water partition coefficient (Wildman–Crippen LogP) is 2.95. The molecule has 2 heterocycles. The second-order valence-electron chi connectivity index (χ2n) is 5.90. The summed E-state index contributed by atoms with van der Waals surface area (Å²) >= 11 is 0.360. The first-order valence-electron chi connectivity index (χ1n) is 8.31. The van der Waals surface area contributed by atoms with Crippen LogP contribution in [0.15, 0.2) is 41.6 Å². The lowest BCUT2D eigenvalue weighted by Gasteiger charge is -2.08. The van der Waals surface area contributed by atoms with Gasteiger partial charge in [0.25, 0.3) is 5.76 Å². The minimum absolute atomic E-state index is 0.107. The maximum absolute atomic E-state index is 12.4. The second kappa shape index (κ2) is 8.96. The molecule has 1 aromatic heterocycles. The predicted molar refractivity (Wildman–Crippen MR) is 96.8 cm³/mol. The van der Waals surface area contributed by atoms with E-state index in [1.54, 1.807) is 10.9 Å². The minimum Gasteiger partial charge on any atom is -0.376 e. The Bertz CT molecular complexity index is 809. The zero-order valence-corrected chi connectivity index (χ0v) is 15.0. The number of hydrogen-bond acceptors (Lipinski definition) is 5. The van der Waals surface area contributed by atoms with Gasteiger partial charge in [-0.05, 0) is 31.0 Å². The van der Waals surface area contributed by atoms with E-state index in [9.17, 15) is 18.4 Å². The number of aromatic nitrogens is 2. The van der Waals surface area contributed by atoms with E-state index in [-0.39, 0.29) is 11.8 Å². The summed E-state index contributed by atoms with van der Waals surface area (Å²) in [5.74, 6) is -4.34. The number of carbonyl (C=O) groups excluding carboxylic acids is 2. The maximum atomic E-state index is 12.4. The average molecular weight is 396 g/mol. The van der Waals surface area contributed by atoms with Crippen molar-refractivity contribution in [1.82, 2.24) is 9.78 Å². The summed E-state index contributed by atoms with van der Waals surface area (Å²) in [6, 6.07) is 5.91. The summed E-state index contributed by atoms with van der Waals surface area (Å²) in [6.45, 7) is 1.32. The fraction of sp³-hybridized carbons (Fsp3) is 0.353. The highest BCUT2D eigenvalue weighted by Gasteiger charge is 2.18. The van der Waals surface area contributed by atoms with Crippen LogP contribution in [-0.4, -0.2) is 40.1 Å². The highest BCUT2D eigenvalue weighted by Crippen LogP contribution is 2.27. The number of nitrogens with one attached hydrogen (secondary N) is 2. The molecule has 0 spiro atoms. The van der Waals surface area contributed by atoms with Gasteiger partial charge in [0.15, 0.2) is 0 Å². The van der Waals surface area contributed by atoms with E-state index in [1.165, 1.54) is 30.5 Å². The quantitative estimate of drug-likeness (QED) is 0.579. The van der Waals surface area contributed by atoms with Gasteiger partial charge >= 0.3 is 11.8 Å². The van der Waals surface area contributed by atoms with Crippen LogP contribution in [-0.2, 0) is 20.9 Å². The van der Waals surface area contributed by atoms with Crippen molar-refractivity contribution in [2.75, 3.05) is 17.2 Å². The number of hydrogen-bond donors (Lipinski definition) is 2. The monoisotopic (exact) mass is 396 g/mol. The fourth-order valence-electron chi connectivity index (χ4n) is 2.65. The van der Waals surface area contributed by atoms with Crippen LogP contribution in [0.5, 0.6) is 0 Å². The smallest absolute Gasteiger partial charge is 0.314 e. The third-order valence-electron chi connectivity index (χ3n) is 3.83. The molecule has 7 nitrogen and oxygen atoms in total. The Balaban J connectivity index is 1.53. The van der Waals surface area contributed by atoms with E-state index in [0.717, 1.165) is 19.4 Å². The number of rotatable bonds is 6. The molecule has 1 saturated heterocycles. The van der Waals surface area contributed by atoms with Gasteiger partial charge in [-0.2, -0.15) is 13.9 Å². The van der Waals surface area contributed by atoms with Gasteiger partial charge in [-0.1, -0.05) is 17.8 Å². The highest BCUT2D eigenvalue weighted by molar-refractivity contribution is 7.99. The SMILES string of the molecule is O=C(Nc1cccc(SC(F)F)c1)C(=O)Nc1cnn(C[C@H]2CCCO2)c1. The topological polar surface area (TPSA) is 85.3 Å². The number of carbonyl (C=O) groups is 2. The van der Waals surface area contributed by atoms with E-state index in [2.05, 4.69) is 15.7 Å². The largest absolute Gasteiger partial charge is 0.376 e. The molecule has 1 atom stereocenters. The molecule has 0 aliphatic carbocycles. The Morgan fingerprint density at radius 3 is 2.78 bits per heavy atom. The summed E-state index contributed by atoms with van der Waals surface area (Å²) in [5.41, 5.74) is 0.644. The first-order valence-corrected chi connectivity index (χ1v) is 9.19. The lowest BCUT2D eigenvalue weighted by Crippen LogP contribution is -2.28. The van der Waals surface area contributed by atoms with Crippen molar-refractivity contribution >= 4 is 35.0 Å². The van der Waals surface area contributed by atoms with Gasteiger partial charge in [-0.15, -0.1) is 0 Å². The molecule has 0 bridgehead atoms. The molecule has 144 valence electrons. The van der Waals surface area contributed by atoms with Gasteiger partial charge in [-0.25, -0.2) is 0 Å². The summed E-state index contributed by atoms with van der Waals surface area (Å²) in [7, 11) is 0. The molecule has 1 aromatic carbocycles. The molecule has 1 aliphatic heterocycles. The highest BCUT2D eigenvalue weighted by atomic mass is 32.2. The van der Waals surface area contributed by atoms with Crippen molar-refractivity contribution in [3.8, 4) is 0 Å². The molecule has 10 heteroatoms. The number of benzene rings is 1. The van der Waals surface area contributed by atoms with Gasteiger partial charge in [0.05, 0.1) is 24.5 Å². The van der Waals surface area contributed by atoms with E-state index in [0.29, 0.717) is 28.9 Å². The number of ether oxygens (including phenoxy) is 1. The van der Waals surface area contributed by atoms with Crippen LogP contribution in [0.2, 0.25) is 0 Å². The lowest BCUT2D eigenvalue weighted by atomic mass is 10.2. The van der Waals surface area contributed by atoms with Crippen LogP contribution in [0.3, 0.4) is 0 Å². The first-order chi connectivity index (χ1) is 13.0. The molecule has 2 N–H and O–H groups in total. The Labute approximate surface area is 158 Å². The van der Waals surface area contributed by atoms with Gasteiger partial charge in [0.1, 0.15) is 0 Å². The number of anilines is 2. The minimum atomic E-state index is -2.56. The summed E-state index contributed by atoms with van der Waals surface area (Å²) < 4.78 is 32.0. The lowest BCUT2D eigenvalue weighted by molar-refractivity contribution is -0.133. The Hall–Kier alpha value is -2.46. The summed E-state index contributed by atoms with van der Waals surface area (Å²) in [5, 5.41) is 8.97. The first kappa shape index (κ1) is 19.3. The van der Waals surface area contributed by atoms with Crippen LogP contribution < -0.4 is 10.6 Å². The summed E-state index contributed by atoms with van der Waals surface area (Å²) in [4.78, 5) is 24.3. The number of halogens is 2. The fourth-order valence-corrected chi connectivity index (χ4v) is 3.21. The molecule has 2 amide bonds.